The zero-order valence-corrected chi connectivity index (χ0v) is 21.5. The standard InChI is InChI=1S/C25H20BrCl2N3O4/c1-13-22(23(31(33)34)25(30-13)17-4-2-3-5-20(17)29-24(25)32)14-7-9-21(18(26)10-14)35-12-15-6-8-16(27)11-19(15)28/h2-11,13,22-23,30H,12H2,1H3,(H,29,32)/t13-,22+,23-,25-/m0/s1. The van der Waals surface area contributed by atoms with Gasteiger partial charge in [-0.15, -0.1) is 0 Å². The van der Waals surface area contributed by atoms with E-state index in [-0.39, 0.29) is 17.6 Å². The Hall–Kier alpha value is -2.65. The molecule has 2 aliphatic rings. The number of ether oxygens (including phenoxy) is 1. The lowest BCUT2D eigenvalue weighted by Gasteiger charge is -2.25. The summed E-state index contributed by atoms with van der Waals surface area (Å²) in [4.78, 5) is 25.3. The summed E-state index contributed by atoms with van der Waals surface area (Å²) < 4.78 is 6.58. The van der Waals surface area contributed by atoms with Gasteiger partial charge in [0.1, 0.15) is 12.4 Å². The maximum absolute atomic E-state index is 13.2. The lowest BCUT2D eigenvalue weighted by atomic mass is 9.78. The number of carbonyl (C=O) groups excluding carboxylic acids is 1. The number of anilines is 1. The van der Waals surface area contributed by atoms with E-state index in [1.807, 2.05) is 13.0 Å². The Balaban J connectivity index is 1.46. The molecule has 0 aliphatic carbocycles. The number of hydrogen-bond donors (Lipinski definition) is 2. The van der Waals surface area contributed by atoms with Crippen LogP contribution in [0.4, 0.5) is 5.69 Å². The highest BCUT2D eigenvalue weighted by Gasteiger charge is 2.67. The third kappa shape index (κ3) is 3.98. The van der Waals surface area contributed by atoms with Crippen molar-refractivity contribution in [3.63, 3.8) is 0 Å². The average molecular weight is 577 g/mol. The lowest BCUT2D eigenvalue weighted by Crippen LogP contribution is -2.54. The lowest BCUT2D eigenvalue weighted by molar-refractivity contribution is -0.532. The number of halogens is 3. The summed E-state index contributed by atoms with van der Waals surface area (Å²) in [7, 11) is 0. The molecule has 0 bridgehead atoms. The van der Waals surface area contributed by atoms with Gasteiger partial charge >= 0.3 is 0 Å². The number of rotatable bonds is 5. The fourth-order valence-corrected chi connectivity index (χ4v) is 6.16. The zero-order chi connectivity index (χ0) is 24.9. The van der Waals surface area contributed by atoms with E-state index in [1.54, 1.807) is 54.6 Å². The molecule has 0 saturated carbocycles. The van der Waals surface area contributed by atoms with Gasteiger partial charge in [-0.3, -0.25) is 20.2 Å². The molecule has 1 fully saturated rings. The van der Waals surface area contributed by atoms with Crippen LogP contribution in [0.3, 0.4) is 0 Å². The second kappa shape index (κ2) is 9.09. The Morgan fingerprint density at radius 3 is 2.63 bits per heavy atom. The number of amides is 1. The van der Waals surface area contributed by atoms with Crippen LogP contribution in [0.5, 0.6) is 5.75 Å². The Morgan fingerprint density at radius 2 is 1.91 bits per heavy atom. The minimum atomic E-state index is -1.45. The molecule has 3 aromatic carbocycles. The van der Waals surface area contributed by atoms with Crippen LogP contribution in [0.1, 0.15) is 29.5 Å². The number of nitro groups is 1. The molecule has 7 nitrogen and oxygen atoms in total. The number of nitrogens with one attached hydrogen (secondary N) is 2. The van der Waals surface area contributed by atoms with E-state index in [2.05, 4.69) is 26.6 Å². The summed E-state index contributed by atoms with van der Waals surface area (Å²) in [6.07, 6.45) is 0. The average Bonchev–Trinajstić information content (AvgIpc) is 3.28. The predicted octanol–water partition coefficient (Wildman–Crippen LogP) is 5.90. The molecule has 2 heterocycles. The molecule has 5 rings (SSSR count). The van der Waals surface area contributed by atoms with Crippen molar-refractivity contribution in [3.05, 3.63) is 102 Å². The highest BCUT2D eigenvalue weighted by Crippen LogP contribution is 2.50. The Labute approximate surface area is 220 Å². The van der Waals surface area contributed by atoms with Crippen molar-refractivity contribution in [2.75, 3.05) is 5.32 Å². The van der Waals surface area contributed by atoms with Crippen molar-refractivity contribution in [1.29, 1.82) is 0 Å². The molecule has 10 heteroatoms. The Kier molecular flexibility index (Phi) is 6.25. The highest BCUT2D eigenvalue weighted by molar-refractivity contribution is 9.10. The first-order valence-corrected chi connectivity index (χ1v) is 12.5. The van der Waals surface area contributed by atoms with Crippen LogP contribution in [-0.2, 0) is 16.9 Å². The molecule has 1 amide bonds. The smallest absolute Gasteiger partial charge is 0.256 e. The van der Waals surface area contributed by atoms with E-state index in [0.717, 1.165) is 11.1 Å². The molecule has 35 heavy (non-hydrogen) atoms. The molecular weight excluding hydrogens is 557 g/mol. The molecule has 1 saturated heterocycles. The largest absolute Gasteiger partial charge is 0.488 e. The molecular formula is C25H20BrCl2N3O4. The van der Waals surface area contributed by atoms with Crippen LogP contribution in [0.2, 0.25) is 10.0 Å². The molecule has 1 spiro atoms. The van der Waals surface area contributed by atoms with Gasteiger partial charge in [-0.05, 0) is 58.7 Å². The third-order valence-corrected chi connectivity index (χ3v) is 7.91. The molecule has 0 unspecified atom stereocenters. The topological polar surface area (TPSA) is 93.5 Å². The summed E-state index contributed by atoms with van der Waals surface area (Å²) in [5, 5.41) is 19.6. The van der Waals surface area contributed by atoms with E-state index in [0.29, 0.717) is 31.5 Å². The van der Waals surface area contributed by atoms with E-state index in [1.165, 1.54) is 0 Å². The maximum Gasteiger partial charge on any atom is 0.256 e. The van der Waals surface area contributed by atoms with Crippen molar-refractivity contribution < 1.29 is 14.5 Å². The van der Waals surface area contributed by atoms with Crippen molar-refractivity contribution in [3.8, 4) is 5.75 Å². The van der Waals surface area contributed by atoms with Gasteiger partial charge in [0.25, 0.3) is 11.9 Å². The molecule has 2 N–H and O–H groups in total. The summed E-state index contributed by atoms with van der Waals surface area (Å²) in [5.41, 5.74) is 1.25. The van der Waals surface area contributed by atoms with Crippen LogP contribution < -0.4 is 15.4 Å². The van der Waals surface area contributed by atoms with Gasteiger partial charge in [0.05, 0.1) is 10.4 Å². The number of nitrogens with zero attached hydrogens (tertiary/aromatic N) is 1. The van der Waals surface area contributed by atoms with Crippen molar-refractivity contribution in [2.45, 2.75) is 37.1 Å². The Morgan fingerprint density at radius 1 is 1.14 bits per heavy atom. The Bertz CT molecular complexity index is 1350. The van der Waals surface area contributed by atoms with Crippen molar-refractivity contribution in [1.82, 2.24) is 5.32 Å². The van der Waals surface area contributed by atoms with Crippen LogP contribution in [0, 0.1) is 10.1 Å². The normalized spacial score (nSPS) is 24.9. The number of benzene rings is 3. The molecule has 4 atom stereocenters. The monoisotopic (exact) mass is 575 g/mol. The van der Waals surface area contributed by atoms with Crippen molar-refractivity contribution in [2.24, 2.45) is 0 Å². The van der Waals surface area contributed by atoms with Gasteiger partial charge in [-0.25, -0.2) is 0 Å². The number of para-hydroxylation sites is 1. The van der Waals surface area contributed by atoms with E-state index in [9.17, 15) is 14.9 Å². The minimum absolute atomic E-state index is 0.229. The van der Waals surface area contributed by atoms with Gasteiger partial charge in [-0.2, -0.15) is 0 Å². The summed E-state index contributed by atoms with van der Waals surface area (Å²) in [5.74, 6) is -0.402. The van der Waals surface area contributed by atoms with E-state index >= 15 is 0 Å². The molecule has 180 valence electrons. The van der Waals surface area contributed by atoms with Gasteiger partial charge in [0.2, 0.25) is 0 Å². The van der Waals surface area contributed by atoms with Crippen LogP contribution in [-0.4, -0.2) is 22.9 Å². The van der Waals surface area contributed by atoms with Gasteiger partial charge in [-0.1, -0.05) is 53.5 Å². The first-order chi connectivity index (χ1) is 16.7. The number of carbonyl (C=O) groups is 1. The number of hydrogen-bond acceptors (Lipinski definition) is 5. The molecule has 0 aromatic heterocycles. The third-order valence-electron chi connectivity index (χ3n) is 6.70. The summed E-state index contributed by atoms with van der Waals surface area (Å²) in [6.45, 7) is 2.10. The second-order valence-electron chi connectivity index (χ2n) is 8.71. The van der Waals surface area contributed by atoms with Crippen molar-refractivity contribution >= 4 is 50.7 Å². The zero-order valence-electron chi connectivity index (χ0n) is 18.4. The summed E-state index contributed by atoms with van der Waals surface area (Å²) >= 11 is 15.7. The van der Waals surface area contributed by atoms with Crippen LogP contribution in [0.25, 0.3) is 0 Å². The predicted molar refractivity (Wildman–Crippen MR) is 138 cm³/mol. The quantitative estimate of drug-likeness (QED) is 0.291. The minimum Gasteiger partial charge on any atom is -0.488 e. The first-order valence-electron chi connectivity index (χ1n) is 10.9. The van der Waals surface area contributed by atoms with Gasteiger partial charge < -0.3 is 10.1 Å². The highest BCUT2D eigenvalue weighted by atomic mass is 79.9. The fourth-order valence-electron chi connectivity index (χ4n) is 5.19. The second-order valence-corrected chi connectivity index (χ2v) is 10.4. The first kappa shape index (κ1) is 24.1. The SMILES string of the molecule is C[C@@H]1N[C@]2(C(=O)Nc3ccccc32)[C@@H]([N+](=O)[O-])[C@H]1c1ccc(OCc2ccc(Cl)cc2Cl)c(Br)c1. The van der Waals surface area contributed by atoms with Gasteiger partial charge in [0.15, 0.2) is 5.54 Å². The molecule has 0 radical (unpaired) electrons. The summed E-state index contributed by atoms with van der Waals surface area (Å²) in [6, 6.07) is 16.1. The van der Waals surface area contributed by atoms with Crippen LogP contribution >= 0.6 is 39.1 Å². The van der Waals surface area contributed by atoms with E-state index < -0.39 is 23.4 Å². The number of fused-ring (bicyclic) bond motifs is 2. The fraction of sp³-hybridized carbons (Fsp3) is 0.240. The van der Waals surface area contributed by atoms with Gasteiger partial charge in [0, 0.05) is 37.8 Å². The molecule has 3 aromatic rings. The maximum atomic E-state index is 13.2. The van der Waals surface area contributed by atoms with E-state index in [4.69, 9.17) is 27.9 Å². The van der Waals surface area contributed by atoms with Crippen LogP contribution in [0.15, 0.2) is 65.1 Å². The molecule has 2 aliphatic heterocycles.